The maximum Gasteiger partial charge on any atom is 0.416 e. The molecular weight excluding hydrogens is 461 g/mol. The minimum atomic E-state index is -4.50. The van der Waals surface area contributed by atoms with Gasteiger partial charge in [0, 0.05) is 19.5 Å². The van der Waals surface area contributed by atoms with Gasteiger partial charge in [-0.2, -0.15) is 13.2 Å². The van der Waals surface area contributed by atoms with Crippen molar-refractivity contribution in [3.05, 3.63) is 65.2 Å². The van der Waals surface area contributed by atoms with Crippen molar-refractivity contribution in [2.24, 2.45) is 0 Å². The Bertz CT molecular complexity index is 1050. The predicted octanol–water partition coefficient (Wildman–Crippen LogP) is 4.54. The third kappa shape index (κ3) is 6.08. The number of alkyl carbamates (subject to hydrolysis) is 1. The number of fused-ring (bicyclic) bond motifs is 1. The summed E-state index contributed by atoms with van der Waals surface area (Å²) in [6.07, 6.45) is -5.94. The van der Waals surface area contributed by atoms with Crippen molar-refractivity contribution in [2.75, 3.05) is 6.54 Å². The van der Waals surface area contributed by atoms with Crippen molar-refractivity contribution >= 4 is 6.09 Å². The third-order valence-corrected chi connectivity index (χ3v) is 6.36. The maximum absolute atomic E-state index is 13.2. The SMILES string of the molecule is CC(C)(C)OC(=O)N[C@H]1C[C@H](Oc2cccc(C(F)(F)F)c2)[C@@H](O)[C@@H]1N1CCc2ccccc2C1. The second-order valence-corrected chi connectivity index (χ2v) is 10.1. The molecule has 1 amide bonds. The number of hydrogen-bond acceptors (Lipinski definition) is 5. The highest BCUT2D eigenvalue weighted by atomic mass is 19.4. The van der Waals surface area contributed by atoms with E-state index in [1.54, 1.807) is 20.8 Å². The molecule has 0 spiro atoms. The van der Waals surface area contributed by atoms with Gasteiger partial charge in [-0.15, -0.1) is 0 Å². The van der Waals surface area contributed by atoms with Gasteiger partial charge < -0.3 is 19.9 Å². The normalized spacial score (nSPS) is 25.1. The van der Waals surface area contributed by atoms with E-state index < -0.39 is 47.7 Å². The Labute approximate surface area is 203 Å². The van der Waals surface area contributed by atoms with Crippen LogP contribution in [0.5, 0.6) is 5.75 Å². The first-order valence-corrected chi connectivity index (χ1v) is 11.7. The third-order valence-electron chi connectivity index (χ3n) is 6.36. The van der Waals surface area contributed by atoms with Crippen LogP contribution >= 0.6 is 0 Å². The summed E-state index contributed by atoms with van der Waals surface area (Å²) in [4.78, 5) is 14.7. The van der Waals surface area contributed by atoms with Crippen LogP contribution in [-0.2, 0) is 23.9 Å². The molecule has 1 heterocycles. The Morgan fingerprint density at radius 2 is 1.80 bits per heavy atom. The van der Waals surface area contributed by atoms with E-state index in [9.17, 15) is 23.1 Å². The smallest absolute Gasteiger partial charge is 0.416 e. The van der Waals surface area contributed by atoms with Crippen molar-refractivity contribution < 1.29 is 32.5 Å². The predicted molar refractivity (Wildman–Crippen MR) is 124 cm³/mol. The zero-order chi connectivity index (χ0) is 25.4. The molecule has 1 fully saturated rings. The Morgan fingerprint density at radius 1 is 1.09 bits per heavy atom. The van der Waals surface area contributed by atoms with Gasteiger partial charge in [0.15, 0.2) is 0 Å². The highest BCUT2D eigenvalue weighted by molar-refractivity contribution is 5.68. The average molecular weight is 493 g/mol. The number of aliphatic hydroxyl groups excluding tert-OH is 1. The molecule has 6 nitrogen and oxygen atoms in total. The molecule has 1 aliphatic carbocycles. The fourth-order valence-electron chi connectivity index (χ4n) is 4.87. The maximum atomic E-state index is 13.2. The molecule has 2 aromatic carbocycles. The number of nitrogens with one attached hydrogen (secondary N) is 1. The lowest BCUT2D eigenvalue weighted by Crippen LogP contribution is -2.55. The lowest BCUT2D eigenvalue weighted by atomic mass is 9.97. The van der Waals surface area contributed by atoms with Gasteiger partial charge in [0.25, 0.3) is 0 Å². The number of benzene rings is 2. The van der Waals surface area contributed by atoms with Crippen molar-refractivity contribution in [1.82, 2.24) is 10.2 Å². The minimum Gasteiger partial charge on any atom is -0.488 e. The first-order valence-electron chi connectivity index (χ1n) is 11.7. The fourth-order valence-corrected chi connectivity index (χ4v) is 4.87. The van der Waals surface area contributed by atoms with Gasteiger partial charge in [0.2, 0.25) is 0 Å². The summed E-state index contributed by atoms with van der Waals surface area (Å²) < 4.78 is 50.7. The van der Waals surface area contributed by atoms with Crippen LogP contribution in [0.15, 0.2) is 48.5 Å². The second kappa shape index (κ2) is 9.70. The molecule has 190 valence electrons. The van der Waals surface area contributed by atoms with Crippen molar-refractivity contribution in [3.63, 3.8) is 0 Å². The van der Waals surface area contributed by atoms with Crippen LogP contribution in [0.3, 0.4) is 0 Å². The monoisotopic (exact) mass is 492 g/mol. The molecule has 1 saturated carbocycles. The first kappa shape index (κ1) is 25.3. The van der Waals surface area contributed by atoms with Crippen LogP contribution in [0.4, 0.5) is 18.0 Å². The highest BCUT2D eigenvalue weighted by Crippen LogP contribution is 2.35. The minimum absolute atomic E-state index is 0.0181. The number of alkyl halides is 3. The van der Waals surface area contributed by atoms with E-state index in [0.717, 1.165) is 24.1 Å². The number of ether oxygens (including phenoxy) is 2. The lowest BCUT2D eigenvalue weighted by Gasteiger charge is -2.38. The molecular formula is C26H31F3N2O4. The van der Waals surface area contributed by atoms with Crippen molar-refractivity contribution in [1.29, 1.82) is 0 Å². The van der Waals surface area contributed by atoms with Gasteiger partial charge in [-0.05, 0) is 56.5 Å². The molecule has 0 radical (unpaired) electrons. The van der Waals surface area contributed by atoms with Gasteiger partial charge in [0.05, 0.1) is 17.6 Å². The Hall–Kier alpha value is -2.78. The number of rotatable bonds is 4. The number of nitrogens with zero attached hydrogens (tertiary/aromatic N) is 1. The van der Waals surface area contributed by atoms with Gasteiger partial charge >= 0.3 is 12.3 Å². The van der Waals surface area contributed by atoms with E-state index >= 15 is 0 Å². The Morgan fingerprint density at radius 3 is 2.49 bits per heavy atom. The summed E-state index contributed by atoms with van der Waals surface area (Å²) in [5.41, 5.74) is 0.860. The molecule has 0 aromatic heterocycles. The molecule has 0 bridgehead atoms. The molecule has 4 rings (SSSR count). The number of carbonyl (C=O) groups is 1. The van der Waals surface area contributed by atoms with Crippen molar-refractivity contribution in [3.8, 4) is 5.75 Å². The van der Waals surface area contributed by atoms with Crippen LogP contribution in [0.2, 0.25) is 0 Å². The van der Waals surface area contributed by atoms with Crippen LogP contribution in [-0.4, -0.2) is 52.5 Å². The summed E-state index contributed by atoms with van der Waals surface area (Å²) in [7, 11) is 0. The van der Waals surface area contributed by atoms with Crippen molar-refractivity contribution in [2.45, 2.75) is 76.2 Å². The lowest BCUT2D eigenvalue weighted by molar-refractivity contribution is -0.137. The van der Waals surface area contributed by atoms with E-state index in [4.69, 9.17) is 9.47 Å². The highest BCUT2D eigenvalue weighted by Gasteiger charge is 2.48. The molecule has 2 N–H and O–H groups in total. The van der Waals surface area contributed by atoms with Crippen LogP contribution in [0.1, 0.15) is 43.9 Å². The molecule has 1 aliphatic heterocycles. The first-order chi connectivity index (χ1) is 16.4. The quantitative estimate of drug-likeness (QED) is 0.656. The van der Waals surface area contributed by atoms with Gasteiger partial charge in [-0.1, -0.05) is 30.3 Å². The number of hydrogen-bond donors (Lipinski definition) is 2. The largest absolute Gasteiger partial charge is 0.488 e. The summed E-state index contributed by atoms with van der Waals surface area (Å²) in [6, 6.07) is 11.7. The summed E-state index contributed by atoms with van der Waals surface area (Å²) in [6.45, 7) is 6.53. The number of amides is 1. The molecule has 4 atom stereocenters. The van der Waals surface area contributed by atoms with E-state index in [-0.39, 0.29) is 12.2 Å². The molecule has 35 heavy (non-hydrogen) atoms. The fraction of sp³-hybridized carbons (Fsp3) is 0.500. The van der Waals surface area contributed by atoms with Crippen LogP contribution < -0.4 is 10.1 Å². The standard InChI is InChI=1S/C26H31F3N2O4/c1-25(2,3)35-24(33)30-20-14-21(34-19-10-6-9-18(13-19)26(27,28)29)23(32)22(20)31-12-11-16-7-4-5-8-17(16)15-31/h4-10,13,20-23,32H,11-12,14-15H2,1-3H3,(H,30,33)/t20-,21-,22+,23+/m0/s1. The van der Waals surface area contributed by atoms with E-state index in [0.29, 0.717) is 13.1 Å². The van der Waals surface area contributed by atoms with Gasteiger partial charge in [-0.3, -0.25) is 4.90 Å². The Balaban J connectivity index is 1.56. The molecule has 2 aliphatic rings. The van der Waals surface area contributed by atoms with E-state index in [2.05, 4.69) is 16.3 Å². The van der Waals surface area contributed by atoms with Gasteiger partial charge in [0.1, 0.15) is 23.6 Å². The summed E-state index contributed by atoms with van der Waals surface area (Å²) >= 11 is 0. The van der Waals surface area contributed by atoms with Crippen LogP contribution in [0.25, 0.3) is 0 Å². The summed E-state index contributed by atoms with van der Waals surface area (Å²) in [5.74, 6) is 0.0181. The Kier molecular flexibility index (Phi) is 7.02. The van der Waals surface area contributed by atoms with E-state index in [1.807, 2.05) is 18.2 Å². The number of carbonyl (C=O) groups excluding carboxylic acids is 1. The van der Waals surface area contributed by atoms with E-state index in [1.165, 1.54) is 17.7 Å². The summed E-state index contributed by atoms with van der Waals surface area (Å²) in [5, 5.41) is 14.1. The van der Waals surface area contributed by atoms with Gasteiger partial charge in [-0.25, -0.2) is 4.79 Å². The molecule has 0 saturated heterocycles. The number of halogens is 3. The zero-order valence-corrected chi connectivity index (χ0v) is 20.0. The van der Waals surface area contributed by atoms with Crippen LogP contribution in [0, 0.1) is 0 Å². The number of aliphatic hydroxyl groups is 1. The zero-order valence-electron chi connectivity index (χ0n) is 20.0. The topological polar surface area (TPSA) is 71.0 Å². The molecule has 9 heteroatoms. The molecule has 2 aromatic rings. The second-order valence-electron chi connectivity index (χ2n) is 10.1. The molecule has 0 unspecified atom stereocenters. The average Bonchev–Trinajstić information content (AvgIpc) is 3.06.